The molecule has 1 aliphatic carbocycles. The van der Waals surface area contributed by atoms with Crippen molar-refractivity contribution in [3.05, 3.63) is 34.9 Å². The summed E-state index contributed by atoms with van der Waals surface area (Å²) in [5, 5.41) is 2.21. The Morgan fingerprint density at radius 3 is 2.50 bits per heavy atom. The van der Waals surface area contributed by atoms with Crippen LogP contribution in [0.25, 0.3) is 0 Å². The summed E-state index contributed by atoms with van der Waals surface area (Å²) >= 11 is 0. The Labute approximate surface area is 163 Å². The second-order valence-electron chi connectivity index (χ2n) is 7.79. The second-order valence-corrected chi connectivity index (χ2v) is 7.79. The van der Waals surface area contributed by atoms with E-state index in [1.54, 1.807) is 12.1 Å². The zero-order chi connectivity index (χ0) is 19.8. The average Bonchev–Trinajstić information content (AvgIpc) is 3.43. The van der Waals surface area contributed by atoms with E-state index in [0.717, 1.165) is 29.5 Å². The predicted molar refractivity (Wildman–Crippen MR) is 100 cm³/mol. The van der Waals surface area contributed by atoms with Gasteiger partial charge in [-0.25, -0.2) is 0 Å². The molecule has 4 amide bonds. The fourth-order valence-corrected chi connectivity index (χ4v) is 3.96. The Bertz CT molecular complexity index is 849. The molecule has 0 radical (unpaired) electrons. The number of piperidine rings is 1. The van der Waals surface area contributed by atoms with Crippen LogP contribution in [0.3, 0.4) is 0 Å². The van der Waals surface area contributed by atoms with Crippen molar-refractivity contribution in [2.24, 2.45) is 11.7 Å². The molecule has 1 saturated heterocycles. The van der Waals surface area contributed by atoms with E-state index in [-0.39, 0.29) is 18.7 Å². The van der Waals surface area contributed by atoms with Gasteiger partial charge in [0.05, 0.1) is 11.1 Å². The standard InChI is InChI=1S/C20H24N4O4/c21-7-8-23(10-12-1-2-12)11-13-3-4-14-15(9-13)20(28)24(19(14)27)16-5-6-17(25)22-18(16)26/h3-4,9,12,16H,1-2,5-8,10-11,21H2,(H,22,25,26). The normalized spacial score (nSPS) is 22.1. The first-order valence-corrected chi connectivity index (χ1v) is 9.75. The van der Waals surface area contributed by atoms with E-state index in [4.69, 9.17) is 5.73 Å². The summed E-state index contributed by atoms with van der Waals surface area (Å²) in [6, 6.07) is 4.33. The number of amides is 4. The largest absolute Gasteiger partial charge is 0.329 e. The molecule has 148 valence electrons. The summed E-state index contributed by atoms with van der Waals surface area (Å²) in [6.07, 6.45) is 2.78. The van der Waals surface area contributed by atoms with Crippen LogP contribution in [0, 0.1) is 5.92 Å². The van der Waals surface area contributed by atoms with E-state index in [1.165, 1.54) is 12.8 Å². The molecule has 1 saturated carbocycles. The van der Waals surface area contributed by atoms with Gasteiger partial charge < -0.3 is 5.73 Å². The van der Waals surface area contributed by atoms with Gasteiger partial charge in [-0.05, 0) is 42.9 Å². The lowest BCUT2D eigenvalue weighted by atomic mass is 10.0. The van der Waals surface area contributed by atoms with E-state index in [2.05, 4.69) is 10.2 Å². The highest BCUT2D eigenvalue weighted by molar-refractivity contribution is 6.23. The minimum Gasteiger partial charge on any atom is -0.329 e. The molecule has 1 aromatic carbocycles. The van der Waals surface area contributed by atoms with Gasteiger partial charge in [0.25, 0.3) is 11.8 Å². The van der Waals surface area contributed by atoms with Crippen molar-refractivity contribution in [2.75, 3.05) is 19.6 Å². The molecule has 0 bridgehead atoms. The smallest absolute Gasteiger partial charge is 0.262 e. The summed E-state index contributed by atoms with van der Waals surface area (Å²) in [4.78, 5) is 52.4. The number of nitrogens with zero attached hydrogens (tertiary/aromatic N) is 2. The van der Waals surface area contributed by atoms with Crippen molar-refractivity contribution in [1.82, 2.24) is 15.1 Å². The average molecular weight is 384 g/mol. The minimum absolute atomic E-state index is 0.115. The van der Waals surface area contributed by atoms with Gasteiger partial charge in [0.2, 0.25) is 11.8 Å². The molecule has 1 unspecified atom stereocenters. The number of rotatable bonds is 7. The fraction of sp³-hybridized carbons (Fsp3) is 0.500. The third kappa shape index (κ3) is 3.57. The van der Waals surface area contributed by atoms with Gasteiger partial charge in [-0.15, -0.1) is 0 Å². The molecule has 4 rings (SSSR count). The molecule has 0 aromatic heterocycles. The number of benzene rings is 1. The van der Waals surface area contributed by atoms with Crippen LogP contribution in [-0.4, -0.2) is 59.1 Å². The summed E-state index contributed by atoms with van der Waals surface area (Å²) in [6.45, 7) is 3.01. The number of fused-ring (bicyclic) bond motifs is 1. The maximum atomic E-state index is 12.9. The topological polar surface area (TPSA) is 113 Å². The molecule has 1 atom stereocenters. The van der Waals surface area contributed by atoms with Crippen LogP contribution >= 0.6 is 0 Å². The lowest BCUT2D eigenvalue weighted by Gasteiger charge is -2.27. The first-order chi connectivity index (χ1) is 13.5. The molecular formula is C20H24N4O4. The van der Waals surface area contributed by atoms with Crippen molar-refractivity contribution in [3.63, 3.8) is 0 Å². The van der Waals surface area contributed by atoms with Crippen LogP contribution in [0.1, 0.15) is 52.0 Å². The Balaban J connectivity index is 1.53. The van der Waals surface area contributed by atoms with Crippen molar-refractivity contribution in [2.45, 2.75) is 38.3 Å². The van der Waals surface area contributed by atoms with Crippen molar-refractivity contribution >= 4 is 23.6 Å². The van der Waals surface area contributed by atoms with Crippen molar-refractivity contribution in [1.29, 1.82) is 0 Å². The molecule has 1 aromatic rings. The highest BCUT2D eigenvalue weighted by Gasteiger charge is 2.44. The van der Waals surface area contributed by atoms with Crippen molar-refractivity contribution in [3.8, 4) is 0 Å². The SMILES string of the molecule is NCCN(Cc1ccc2c(c1)C(=O)N(C1CCC(=O)NC1=O)C2=O)CC1CC1. The summed E-state index contributed by atoms with van der Waals surface area (Å²) in [5.41, 5.74) is 7.30. The summed E-state index contributed by atoms with van der Waals surface area (Å²) < 4.78 is 0. The third-order valence-corrected chi connectivity index (χ3v) is 5.57. The van der Waals surface area contributed by atoms with Crippen LogP contribution < -0.4 is 11.1 Å². The number of hydrogen-bond acceptors (Lipinski definition) is 6. The van der Waals surface area contributed by atoms with Gasteiger partial charge in [-0.2, -0.15) is 0 Å². The van der Waals surface area contributed by atoms with Crippen LogP contribution in [0.2, 0.25) is 0 Å². The first kappa shape index (κ1) is 18.8. The maximum absolute atomic E-state index is 12.9. The zero-order valence-electron chi connectivity index (χ0n) is 15.6. The predicted octanol–water partition coefficient (Wildman–Crippen LogP) is 0.259. The molecule has 2 aliphatic heterocycles. The number of nitrogens with one attached hydrogen (secondary N) is 1. The molecule has 3 N–H and O–H groups in total. The van der Waals surface area contributed by atoms with E-state index in [9.17, 15) is 19.2 Å². The van der Waals surface area contributed by atoms with Gasteiger partial charge in [0, 0.05) is 32.6 Å². The van der Waals surface area contributed by atoms with Gasteiger partial charge in [-0.1, -0.05) is 6.07 Å². The first-order valence-electron chi connectivity index (χ1n) is 9.75. The molecule has 8 nitrogen and oxygen atoms in total. The maximum Gasteiger partial charge on any atom is 0.262 e. The van der Waals surface area contributed by atoms with E-state index in [1.807, 2.05) is 6.07 Å². The van der Waals surface area contributed by atoms with Gasteiger partial charge in [0.15, 0.2) is 0 Å². The molecule has 8 heteroatoms. The van der Waals surface area contributed by atoms with E-state index >= 15 is 0 Å². The quantitative estimate of drug-likeness (QED) is 0.652. The second kappa shape index (κ2) is 7.44. The lowest BCUT2D eigenvalue weighted by Crippen LogP contribution is -2.54. The third-order valence-electron chi connectivity index (χ3n) is 5.57. The van der Waals surface area contributed by atoms with Gasteiger partial charge in [0.1, 0.15) is 6.04 Å². The number of hydrogen-bond donors (Lipinski definition) is 2. The molecule has 2 fully saturated rings. The number of imide groups is 2. The van der Waals surface area contributed by atoms with Crippen LogP contribution in [-0.2, 0) is 16.1 Å². The Morgan fingerprint density at radius 2 is 1.82 bits per heavy atom. The van der Waals surface area contributed by atoms with Crippen LogP contribution in [0.5, 0.6) is 0 Å². The highest BCUT2D eigenvalue weighted by atomic mass is 16.2. The Morgan fingerprint density at radius 1 is 1.07 bits per heavy atom. The fourth-order valence-electron chi connectivity index (χ4n) is 3.96. The number of carbonyl (C=O) groups excluding carboxylic acids is 4. The van der Waals surface area contributed by atoms with Gasteiger partial charge in [-0.3, -0.25) is 34.3 Å². The zero-order valence-corrected chi connectivity index (χ0v) is 15.6. The number of carbonyl (C=O) groups is 4. The lowest BCUT2D eigenvalue weighted by molar-refractivity contribution is -0.136. The molecule has 28 heavy (non-hydrogen) atoms. The summed E-state index contributed by atoms with van der Waals surface area (Å²) in [7, 11) is 0. The van der Waals surface area contributed by atoms with Crippen molar-refractivity contribution < 1.29 is 19.2 Å². The van der Waals surface area contributed by atoms with Crippen LogP contribution in [0.4, 0.5) is 0 Å². The molecule has 2 heterocycles. The molecule has 0 spiro atoms. The Kier molecular flexibility index (Phi) is 4.99. The molecular weight excluding hydrogens is 360 g/mol. The molecule has 3 aliphatic rings. The highest BCUT2D eigenvalue weighted by Crippen LogP contribution is 2.31. The van der Waals surface area contributed by atoms with Gasteiger partial charge >= 0.3 is 0 Å². The van der Waals surface area contributed by atoms with E-state index < -0.39 is 23.8 Å². The minimum atomic E-state index is -0.933. The Hall–Kier alpha value is -2.58. The summed E-state index contributed by atoms with van der Waals surface area (Å²) in [5.74, 6) is -1.19. The number of nitrogens with two attached hydrogens (primary N) is 1. The monoisotopic (exact) mass is 384 g/mol. The van der Waals surface area contributed by atoms with Crippen LogP contribution in [0.15, 0.2) is 18.2 Å². The van der Waals surface area contributed by atoms with E-state index in [0.29, 0.717) is 24.2 Å².